The second kappa shape index (κ2) is 6.23. The van der Waals surface area contributed by atoms with Crippen LogP contribution in [0.1, 0.15) is 11.1 Å². The number of rotatable bonds is 4. The Morgan fingerprint density at radius 2 is 1.76 bits per heavy atom. The number of hydrogen-bond donors (Lipinski definition) is 0. The zero-order valence-corrected chi connectivity index (χ0v) is 11.7. The molecule has 0 N–H and O–H groups in total. The number of benzene rings is 2. The van der Waals surface area contributed by atoms with Crippen LogP contribution in [-0.4, -0.2) is 14.2 Å². The van der Waals surface area contributed by atoms with Gasteiger partial charge in [0.05, 0.1) is 18.4 Å². The zero-order chi connectivity index (χ0) is 15.4. The predicted molar refractivity (Wildman–Crippen MR) is 76.2 cm³/mol. The van der Waals surface area contributed by atoms with E-state index in [1.54, 1.807) is 37.3 Å². The van der Waals surface area contributed by atoms with Crippen molar-refractivity contribution in [1.29, 1.82) is 5.26 Å². The maximum absolute atomic E-state index is 13.9. The van der Waals surface area contributed by atoms with E-state index in [-0.39, 0.29) is 11.3 Å². The van der Waals surface area contributed by atoms with Crippen LogP contribution in [0.2, 0.25) is 0 Å². The van der Waals surface area contributed by atoms with E-state index >= 15 is 0 Å². The molecule has 0 aromatic heterocycles. The van der Waals surface area contributed by atoms with Gasteiger partial charge in [0, 0.05) is 13.6 Å². The van der Waals surface area contributed by atoms with E-state index in [9.17, 15) is 8.78 Å². The van der Waals surface area contributed by atoms with Crippen LogP contribution in [0.3, 0.4) is 0 Å². The normalized spacial score (nSPS) is 10.0. The van der Waals surface area contributed by atoms with E-state index in [1.807, 2.05) is 12.1 Å². The van der Waals surface area contributed by atoms with Crippen LogP contribution in [0, 0.1) is 23.0 Å². The van der Waals surface area contributed by atoms with Crippen molar-refractivity contribution in [3.05, 3.63) is 59.2 Å². The highest BCUT2D eigenvalue weighted by Gasteiger charge is 2.16. The van der Waals surface area contributed by atoms with Crippen LogP contribution in [-0.2, 0) is 6.54 Å². The fraction of sp³-hybridized carbons (Fsp3) is 0.188. The van der Waals surface area contributed by atoms with Crippen molar-refractivity contribution >= 4 is 5.69 Å². The maximum atomic E-state index is 13.9. The summed E-state index contributed by atoms with van der Waals surface area (Å²) in [5.74, 6) is -1.39. The first-order valence-electron chi connectivity index (χ1n) is 6.29. The van der Waals surface area contributed by atoms with Crippen LogP contribution in [0.4, 0.5) is 14.5 Å². The summed E-state index contributed by atoms with van der Waals surface area (Å²) in [6.07, 6.45) is 0. The molecule has 5 heteroatoms. The Labute approximate surface area is 122 Å². The molecule has 2 rings (SSSR count). The van der Waals surface area contributed by atoms with Crippen molar-refractivity contribution in [2.45, 2.75) is 6.54 Å². The summed E-state index contributed by atoms with van der Waals surface area (Å²) in [5.41, 5.74) is 0.749. The van der Waals surface area contributed by atoms with Crippen LogP contribution >= 0.6 is 0 Å². The lowest BCUT2D eigenvalue weighted by Gasteiger charge is -2.20. The van der Waals surface area contributed by atoms with Gasteiger partial charge in [0.25, 0.3) is 0 Å². The minimum atomic E-state index is -1.11. The zero-order valence-electron chi connectivity index (χ0n) is 11.7. The molecule has 108 valence electrons. The highest BCUT2D eigenvalue weighted by atomic mass is 19.2. The van der Waals surface area contributed by atoms with Crippen LogP contribution in [0.15, 0.2) is 36.4 Å². The third-order valence-electron chi connectivity index (χ3n) is 3.17. The smallest absolute Gasteiger partial charge is 0.183 e. The van der Waals surface area contributed by atoms with Gasteiger partial charge in [0.15, 0.2) is 11.6 Å². The molecule has 0 saturated carbocycles. The Kier molecular flexibility index (Phi) is 4.39. The van der Waals surface area contributed by atoms with E-state index in [0.717, 1.165) is 11.3 Å². The van der Waals surface area contributed by atoms with Crippen molar-refractivity contribution in [1.82, 2.24) is 0 Å². The Morgan fingerprint density at radius 1 is 1.10 bits per heavy atom. The van der Waals surface area contributed by atoms with Gasteiger partial charge in [-0.05, 0) is 29.8 Å². The summed E-state index contributed by atoms with van der Waals surface area (Å²) in [6, 6.07) is 11.6. The number of nitriles is 1. The molecule has 0 unspecified atom stereocenters. The van der Waals surface area contributed by atoms with E-state index in [0.29, 0.717) is 6.54 Å². The largest absolute Gasteiger partial charge is 0.497 e. The Morgan fingerprint density at radius 3 is 2.33 bits per heavy atom. The molecule has 2 aromatic rings. The molecule has 0 fully saturated rings. The first-order valence-corrected chi connectivity index (χ1v) is 6.29. The van der Waals surface area contributed by atoms with Gasteiger partial charge in [-0.1, -0.05) is 12.1 Å². The molecule has 0 aliphatic carbocycles. The molecule has 21 heavy (non-hydrogen) atoms. The third-order valence-corrected chi connectivity index (χ3v) is 3.17. The summed E-state index contributed by atoms with van der Waals surface area (Å²) in [5, 5.41) is 8.67. The molecule has 2 aromatic carbocycles. The molecule has 3 nitrogen and oxygen atoms in total. The molecular weight excluding hydrogens is 274 g/mol. The molecule has 0 saturated heterocycles. The quantitative estimate of drug-likeness (QED) is 0.864. The predicted octanol–water partition coefficient (Wildman–Crippen LogP) is 3.48. The lowest BCUT2D eigenvalue weighted by atomic mass is 10.1. The Hall–Kier alpha value is -2.61. The summed E-state index contributed by atoms with van der Waals surface area (Å²) < 4.78 is 32.6. The van der Waals surface area contributed by atoms with Crippen molar-refractivity contribution in [3.8, 4) is 11.8 Å². The molecular formula is C16H14F2N2O. The monoisotopic (exact) mass is 288 g/mol. The second-order valence-electron chi connectivity index (χ2n) is 4.58. The van der Waals surface area contributed by atoms with Gasteiger partial charge < -0.3 is 9.64 Å². The number of methoxy groups -OCH3 is 1. The minimum absolute atomic E-state index is 0.113. The number of nitrogens with zero attached hydrogens (tertiary/aromatic N) is 2. The number of hydrogen-bond acceptors (Lipinski definition) is 3. The SMILES string of the molecule is COc1ccc(CN(C)c2ccc(C#N)c(F)c2F)cc1. The summed E-state index contributed by atoms with van der Waals surface area (Å²) in [4.78, 5) is 1.58. The van der Waals surface area contributed by atoms with E-state index < -0.39 is 11.6 Å². The fourth-order valence-corrected chi connectivity index (χ4v) is 2.01. The summed E-state index contributed by atoms with van der Waals surface area (Å²) in [7, 11) is 3.24. The summed E-state index contributed by atoms with van der Waals surface area (Å²) in [6.45, 7) is 0.409. The highest BCUT2D eigenvalue weighted by molar-refractivity contribution is 5.52. The van der Waals surface area contributed by atoms with Crippen molar-refractivity contribution in [3.63, 3.8) is 0 Å². The average Bonchev–Trinajstić information content (AvgIpc) is 2.50. The molecule has 0 aliphatic rings. The van der Waals surface area contributed by atoms with Crippen LogP contribution < -0.4 is 9.64 Å². The number of anilines is 1. The van der Waals surface area contributed by atoms with Gasteiger partial charge in [0.2, 0.25) is 0 Å². The van der Waals surface area contributed by atoms with Gasteiger partial charge in [0.1, 0.15) is 11.8 Å². The average molecular weight is 288 g/mol. The molecule has 0 bridgehead atoms. The third kappa shape index (κ3) is 3.11. The Bertz CT molecular complexity index is 678. The Balaban J connectivity index is 2.22. The van der Waals surface area contributed by atoms with Gasteiger partial charge in [-0.3, -0.25) is 0 Å². The molecule has 0 aliphatic heterocycles. The van der Waals surface area contributed by atoms with E-state index in [1.165, 1.54) is 12.1 Å². The minimum Gasteiger partial charge on any atom is -0.497 e. The van der Waals surface area contributed by atoms with Gasteiger partial charge in [-0.2, -0.15) is 5.26 Å². The summed E-state index contributed by atoms with van der Waals surface area (Å²) >= 11 is 0. The van der Waals surface area contributed by atoms with Crippen molar-refractivity contribution in [2.24, 2.45) is 0 Å². The first kappa shape index (κ1) is 14.8. The molecule has 0 radical (unpaired) electrons. The lowest BCUT2D eigenvalue weighted by molar-refractivity contribution is 0.414. The van der Waals surface area contributed by atoms with Gasteiger partial charge >= 0.3 is 0 Å². The van der Waals surface area contributed by atoms with E-state index in [4.69, 9.17) is 10.00 Å². The first-order chi connectivity index (χ1) is 10.1. The standard InChI is InChI=1S/C16H14F2N2O/c1-20(10-11-3-6-13(21-2)7-4-11)14-8-5-12(9-19)15(17)16(14)18/h3-8H,10H2,1-2H3. The van der Waals surface area contributed by atoms with Crippen molar-refractivity contribution < 1.29 is 13.5 Å². The fourth-order valence-electron chi connectivity index (χ4n) is 2.01. The van der Waals surface area contributed by atoms with Crippen LogP contribution in [0.5, 0.6) is 5.75 Å². The van der Waals surface area contributed by atoms with Crippen molar-refractivity contribution in [2.75, 3.05) is 19.1 Å². The molecule has 0 heterocycles. The molecule has 0 spiro atoms. The maximum Gasteiger partial charge on any atom is 0.183 e. The van der Waals surface area contributed by atoms with Gasteiger partial charge in [-0.15, -0.1) is 0 Å². The molecule has 0 amide bonds. The van der Waals surface area contributed by atoms with Gasteiger partial charge in [-0.25, -0.2) is 8.78 Å². The molecule has 0 atom stereocenters. The van der Waals surface area contributed by atoms with Crippen LogP contribution in [0.25, 0.3) is 0 Å². The second-order valence-corrected chi connectivity index (χ2v) is 4.58. The topological polar surface area (TPSA) is 36.3 Å². The number of halogens is 2. The number of ether oxygens (including phenoxy) is 1. The van der Waals surface area contributed by atoms with E-state index in [2.05, 4.69) is 0 Å². The lowest BCUT2D eigenvalue weighted by Crippen LogP contribution is -2.18. The highest BCUT2D eigenvalue weighted by Crippen LogP contribution is 2.24.